The third-order valence-electron chi connectivity index (χ3n) is 3.42. The standard InChI is InChI=1S/C17H25N3S/c1-4-11-18-17(13-15-10-12-20(3)19-15)14-6-8-16(9-7-14)21-5-2/h6-10,12,17-18H,4-5,11,13H2,1-3H3. The number of aryl methyl sites for hydroxylation is 1. The Morgan fingerprint density at radius 1 is 1.19 bits per heavy atom. The molecule has 1 unspecified atom stereocenters. The maximum Gasteiger partial charge on any atom is 0.0643 e. The van der Waals surface area contributed by atoms with Crippen molar-refractivity contribution in [2.45, 2.75) is 37.6 Å². The van der Waals surface area contributed by atoms with Crippen molar-refractivity contribution in [2.75, 3.05) is 12.3 Å². The van der Waals surface area contributed by atoms with Gasteiger partial charge in [-0.15, -0.1) is 11.8 Å². The Morgan fingerprint density at radius 3 is 2.52 bits per heavy atom. The second kappa shape index (κ2) is 8.25. The van der Waals surface area contributed by atoms with Crippen LogP contribution in [-0.4, -0.2) is 22.1 Å². The lowest BCUT2D eigenvalue weighted by Crippen LogP contribution is -2.24. The van der Waals surface area contributed by atoms with Crippen molar-refractivity contribution < 1.29 is 0 Å². The highest BCUT2D eigenvalue weighted by atomic mass is 32.2. The van der Waals surface area contributed by atoms with Gasteiger partial charge < -0.3 is 5.32 Å². The molecule has 4 heteroatoms. The van der Waals surface area contributed by atoms with E-state index in [9.17, 15) is 0 Å². The zero-order valence-corrected chi connectivity index (χ0v) is 14.0. The van der Waals surface area contributed by atoms with Crippen LogP contribution in [0.5, 0.6) is 0 Å². The largest absolute Gasteiger partial charge is 0.310 e. The zero-order chi connectivity index (χ0) is 15.1. The molecule has 0 aliphatic rings. The molecule has 1 aromatic heterocycles. The van der Waals surface area contributed by atoms with Gasteiger partial charge in [0.2, 0.25) is 0 Å². The molecule has 0 saturated carbocycles. The Bertz CT molecular complexity index is 533. The van der Waals surface area contributed by atoms with E-state index in [1.54, 1.807) is 0 Å². The summed E-state index contributed by atoms with van der Waals surface area (Å²) in [6, 6.07) is 11.4. The number of benzene rings is 1. The van der Waals surface area contributed by atoms with E-state index in [2.05, 4.69) is 54.6 Å². The lowest BCUT2D eigenvalue weighted by molar-refractivity contribution is 0.521. The van der Waals surface area contributed by atoms with Crippen LogP contribution in [0.25, 0.3) is 0 Å². The Labute approximate surface area is 132 Å². The van der Waals surface area contributed by atoms with Crippen molar-refractivity contribution >= 4 is 11.8 Å². The fourth-order valence-electron chi connectivity index (χ4n) is 2.37. The van der Waals surface area contributed by atoms with Gasteiger partial charge in [0.15, 0.2) is 0 Å². The van der Waals surface area contributed by atoms with Crippen molar-refractivity contribution in [1.29, 1.82) is 0 Å². The fourth-order valence-corrected chi connectivity index (χ4v) is 3.03. The summed E-state index contributed by atoms with van der Waals surface area (Å²) in [6.07, 6.45) is 4.08. The van der Waals surface area contributed by atoms with E-state index < -0.39 is 0 Å². The molecule has 114 valence electrons. The van der Waals surface area contributed by atoms with E-state index in [0.717, 1.165) is 30.8 Å². The minimum Gasteiger partial charge on any atom is -0.310 e. The number of hydrogen-bond donors (Lipinski definition) is 1. The molecule has 0 aliphatic carbocycles. The maximum absolute atomic E-state index is 4.50. The molecule has 0 fully saturated rings. The monoisotopic (exact) mass is 303 g/mol. The van der Waals surface area contributed by atoms with E-state index in [1.807, 2.05) is 29.7 Å². The van der Waals surface area contributed by atoms with Crippen LogP contribution in [0, 0.1) is 0 Å². The summed E-state index contributed by atoms with van der Waals surface area (Å²) in [6.45, 7) is 5.42. The van der Waals surface area contributed by atoms with Gasteiger partial charge in [-0.3, -0.25) is 4.68 Å². The highest BCUT2D eigenvalue weighted by Gasteiger charge is 2.13. The SMILES string of the molecule is CCCNC(Cc1ccn(C)n1)c1ccc(SCC)cc1. The molecule has 0 spiro atoms. The molecule has 0 saturated heterocycles. The molecule has 0 radical (unpaired) electrons. The average Bonchev–Trinajstić information content (AvgIpc) is 2.90. The molecule has 1 aromatic carbocycles. The van der Waals surface area contributed by atoms with E-state index in [-0.39, 0.29) is 0 Å². The fraction of sp³-hybridized carbons (Fsp3) is 0.471. The molecule has 2 aromatic rings. The highest BCUT2D eigenvalue weighted by Crippen LogP contribution is 2.23. The highest BCUT2D eigenvalue weighted by molar-refractivity contribution is 7.99. The summed E-state index contributed by atoms with van der Waals surface area (Å²) in [4.78, 5) is 1.34. The van der Waals surface area contributed by atoms with Crippen LogP contribution in [0.2, 0.25) is 0 Å². The van der Waals surface area contributed by atoms with Gasteiger partial charge in [-0.05, 0) is 42.5 Å². The predicted molar refractivity (Wildman–Crippen MR) is 90.8 cm³/mol. The molecule has 3 nitrogen and oxygen atoms in total. The third-order valence-corrected chi connectivity index (χ3v) is 4.31. The normalized spacial score (nSPS) is 12.5. The Balaban J connectivity index is 2.10. The summed E-state index contributed by atoms with van der Waals surface area (Å²) in [5.74, 6) is 1.12. The van der Waals surface area contributed by atoms with Gasteiger partial charge in [-0.25, -0.2) is 0 Å². The topological polar surface area (TPSA) is 29.9 Å². The van der Waals surface area contributed by atoms with Crippen molar-refractivity contribution in [3.63, 3.8) is 0 Å². The van der Waals surface area contributed by atoms with Crippen LogP contribution in [0.1, 0.15) is 37.6 Å². The lowest BCUT2D eigenvalue weighted by atomic mass is 10.0. The van der Waals surface area contributed by atoms with Crippen molar-refractivity contribution in [1.82, 2.24) is 15.1 Å². The van der Waals surface area contributed by atoms with Gasteiger partial charge in [0.1, 0.15) is 0 Å². The van der Waals surface area contributed by atoms with Crippen LogP contribution in [0.3, 0.4) is 0 Å². The first kappa shape index (κ1) is 16.1. The average molecular weight is 303 g/mol. The second-order valence-corrected chi connectivity index (χ2v) is 6.53. The van der Waals surface area contributed by atoms with Gasteiger partial charge >= 0.3 is 0 Å². The number of hydrogen-bond acceptors (Lipinski definition) is 3. The van der Waals surface area contributed by atoms with Crippen LogP contribution in [-0.2, 0) is 13.5 Å². The number of thioether (sulfide) groups is 1. The Morgan fingerprint density at radius 2 is 1.95 bits per heavy atom. The van der Waals surface area contributed by atoms with Gasteiger partial charge in [-0.2, -0.15) is 5.10 Å². The third kappa shape index (κ3) is 4.90. The predicted octanol–water partition coefficient (Wildman–Crippen LogP) is 3.82. The second-order valence-electron chi connectivity index (χ2n) is 5.19. The smallest absolute Gasteiger partial charge is 0.0643 e. The maximum atomic E-state index is 4.50. The summed E-state index contributed by atoms with van der Waals surface area (Å²) in [7, 11) is 1.97. The van der Waals surface area contributed by atoms with Crippen LogP contribution < -0.4 is 5.32 Å². The van der Waals surface area contributed by atoms with Gasteiger partial charge in [0, 0.05) is 30.6 Å². The molecular formula is C17H25N3S. The molecule has 1 heterocycles. The molecule has 21 heavy (non-hydrogen) atoms. The Hall–Kier alpha value is -1.26. The van der Waals surface area contributed by atoms with Gasteiger partial charge in [-0.1, -0.05) is 26.0 Å². The molecule has 1 atom stereocenters. The molecule has 0 bridgehead atoms. The molecule has 1 N–H and O–H groups in total. The van der Waals surface area contributed by atoms with E-state index in [0.29, 0.717) is 6.04 Å². The molecule has 0 aliphatic heterocycles. The van der Waals surface area contributed by atoms with Gasteiger partial charge in [0.25, 0.3) is 0 Å². The van der Waals surface area contributed by atoms with Crippen molar-refractivity contribution in [2.24, 2.45) is 7.05 Å². The molecule has 2 rings (SSSR count). The number of nitrogens with one attached hydrogen (secondary N) is 1. The summed E-state index contributed by atoms with van der Waals surface area (Å²) in [5.41, 5.74) is 2.48. The van der Waals surface area contributed by atoms with Gasteiger partial charge in [0.05, 0.1) is 5.69 Å². The van der Waals surface area contributed by atoms with Crippen molar-refractivity contribution in [3.8, 4) is 0 Å². The summed E-state index contributed by atoms with van der Waals surface area (Å²) < 4.78 is 1.87. The summed E-state index contributed by atoms with van der Waals surface area (Å²) >= 11 is 1.88. The first-order chi connectivity index (χ1) is 10.2. The minimum absolute atomic E-state index is 0.334. The minimum atomic E-state index is 0.334. The van der Waals surface area contributed by atoms with Crippen molar-refractivity contribution in [3.05, 3.63) is 47.8 Å². The number of aromatic nitrogens is 2. The summed E-state index contributed by atoms with van der Waals surface area (Å²) in [5, 5.41) is 8.14. The Kier molecular flexibility index (Phi) is 6.33. The lowest BCUT2D eigenvalue weighted by Gasteiger charge is -2.18. The number of nitrogens with zero attached hydrogens (tertiary/aromatic N) is 2. The number of rotatable bonds is 8. The van der Waals surface area contributed by atoms with Crippen LogP contribution in [0.4, 0.5) is 0 Å². The molecular weight excluding hydrogens is 278 g/mol. The van der Waals surface area contributed by atoms with Crippen LogP contribution >= 0.6 is 11.8 Å². The first-order valence-corrected chi connectivity index (χ1v) is 8.66. The van der Waals surface area contributed by atoms with E-state index in [1.165, 1.54) is 10.5 Å². The van der Waals surface area contributed by atoms with Crippen LogP contribution in [0.15, 0.2) is 41.4 Å². The zero-order valence-electron chi connectivity index (χ0n) is 13.2. The first-order valence-electron chi connectivity index (χ1n) is 7.67. The van der Waals surface area contributed by atoms with E-state index >= 15 is 0 Å². The molecule has 0 amide bonds. The van der Waals surface area contributed by atoms with E-state index in [4.69, 9.17) is 0 Å². The quantitative estimate of drug-likeness (QED) is 0.752.